The van der Waals surface area contributed by atoms with Crippen LogP contribution in [0.15, 0.2) is 52.4 Å². The smallest absolute Gasteiger partial charge is 0.368 e. The largest absolute Gasteiger partial charge is 0.416 e. The Morgan fingerprint density at radius 3 is 2.35 bits per heavy atom. The van der Waals surface area contributed by atoms with Crippen LogP contribution in [0.25, 0.3) is 0 Å². The zero-order valence-electron chi connectivity index (χ0n) is 19.2. The molecule has 0 atom stereocenters. The number of sulfonamides is 1. The second-order valence-electron chi connectivity index (χ2n) is 8.94. The van der Waals surface area contributed by atoms with Crippen molar-refractivity contribution in [1.29, 1.82) is 0 Å². The van der Waals surface area contributed by atoms with Gasteiger partial charge in [-0.3, -0.25) is 4.99 Å². The van der Waals surface area contributed by atoms with E-state index in [1.54, 1.807) is 12.1 Å². The third kappa shape index (κ3) is 4.99. The zero-order chi connectivity index (χ0) is 24.6. The topological polar surface area (TPSA) is 73.8 Å². The average molecular weight is 495 g/mol. The molecule has 2 aliphatic rings. The molecule has 2 heterocycles. The number of nitrogens with one attached hydrogen (secondary N) is 2. The fourth-order valence-corrected chi connectivity index (χ4v) is 5.99. The van der Waals surface area contributed by atoms with E-state index in [-0.39, 0.29) is 0 Å². The normalized spacial score (nSPS) is 19.1. The number of alkyl halides is 3. The van der Waals surface area contributed by atoms with Crippen LogP contribution in [0.2, 0.25) is 0 Å². The molecule has 6 nitrogen and oxygen atoms in total. The highest BCUT2D eigenvalue weighted by atomic mass is 32.2. The van der Waals surface area contributed by atoms with Crippen LogP contribution in [0, 0.1) is 13.8 Å². The Labute approximate surface area is 198 Å². The van der Waals surface area contributed by atoms with Gasteiger partial charge in [0.05, 0.1) is 22.5 Å². The molecule has 1 saturated heterocycles. The summed E-state index contributed by atoms with van der Waals surface area (Å²) >= 11 is 0. The molecular weight excluding hydrogens is 465 g/mol. The number of piperidine rings is 1. The van der Waals surface area contributed by atoms with Gasteiger partial charge < -0.3 is 10.6 Å². The van der Waals surface area contributed by atoms with E-state index >= 15 is 0 Å². The summed E-state index contributed by atoms with van der Waals surface area (Å²) in [6.07, 6.45) is -3.26. The molecule has 2 aromatic carbocycles. The Kier molecular flexibility index (Phi) is 6.76. The summed E-state index contributed by atoms with van der Waals surface area (Å²) in [6.45, 7) is 6.16. The summed E-state index contributed by atoms with van der Waals surface area (Å²) in [5, 5.41) is 6.81. The number of nitrogens with zero attached hydrogens (tertiary/aromatic N) is 2. The van der Waals surface area contributed by atoms with Crippen molar-refractivity contribution in [3.8, 4) is 0 Å². The van der Waals surface area contributed by atoms with Crippen LogP contribution >= 0.6 is 0 Å². The number of hydrogen-bond acceptors (Lipinski definition) is 5. The second kappa shape index (κ2) is 9.31. The van der Waals surface area contributed by atoms with E-state index in [1.807, 2.05) is 19.9 Å². The number of amidine groups is 1. The molecule has 2 aliphatic heterocycles. The van der Waals surface area contributed by atoms with Gasteiger partial charge in [-0.1, -0.05) is 18.2 Å². The van der Waals surface area contributed by atoms with Crippen LogP contribution in [-0.2, 0) is 22.7 Å². The average Bonchev–Trinajstić information content (AvgIpc) is 2.80. The van der Waals surface area contributed by atoms with E-state index in [4.69, 9.17) is 0 Å². The van der Waals surface area contributed by atoms with Crippen molar-refractivity contribution in [3.63, 3.8) is 0 Å². The minimum Gasteiger partial charge on any atom is -0.368 e. The first-order chi connectivity index (χ1) is 16.0. The van der Waals surface area contributed by atoms with Gasteiger partial charge in [-0.2, -0.15) is 17.5 Å². The van der Waals surface area contributed by atoms with E-state index in [2.05, 4.69) is 15.6 Å². The lowest BCUT2D eigenvalue weighted by Crippen LogP contribution is -2.64. The fourth-order valence-electron chi connectivity index (χ4n) is 4.47. The third-order valence-corrected chi connectivity index (χ3v) is 8.63. The first kappa shape index (κ1) is 24.7. The summed E-state index contributed by atoms with van der Waals surface area (Å²) in [7, 11) is -3.59. The predicted octanol–water partition coefficient (Wildman–Crippen LogP) is 3.64. The minimum absolute atomic E-state index is 0.303. The summed E-state index contributed by atoms with van der Waals surface area (Å²) in [4.78, 5) is 4.94. The Balaban J connectivity index is 1.43. The highest BCUT2D eigenvalue weighted by Gasteiger charge is 2.43. The van der Waals surface area contributed by atoms with Gasteiger partial charge in [-0.15, -0.1) is 0 Å². The van der Waals surface area contributed by atoms with Crippen LogP contribution in [0.1, 0.15) is 35.1 Å². The maximum Gasteiger partial charge on any atom is 0.416 e. The number of halogens is 3. The van der Waals surface area contributed by atoms with Crippen molar-refractivity contribution >= 4 is 15.9 Å². The molecule has 0 aromatic heterocycles. The Morgan fingerprint density at radius 2 is 1.74 bits per heavy atom. The minimum atomic E-state index is -4.36. The number of aryl methyl sites for hydroxylation is 2. The fraction of sp³-hybridized carbons (Fsp3) is 0.458. The maximum atomic E-state index is 13.2. The first-order valence-electron chi connectivity index (χ1n) is 11.3. The van der Waals surface area contributed by atoms with Gasteiger partial charge in [0.2, 0.25) is 10.0 Å². The highest BCUT2D eigenvalue weighted by molar-refractivity contribution is 7.89. The van der Waals surface area contributed by atoms with Crippen molar-refractivity contribution in [1.82, 2.24) is 14.9 Å². The number of hydrogen-bond donors (Lipinski definition) is 2. The van der Waals surface area contributed by atoms with Crippen LogP contribution in [0.5, 0.6) is 0 Å². The van der Waals surface area contributed by atoms with Crippen molar-refractivity contribution in [2.24, 2.45) is 4.99 Å². The van der Waals surface area contributed by atoms with Gasteiger partial charge in [0.25, 0.3) is 0 Å². The van der Waals surface area contributed by atoms with E-state index in [0.29, 0.717) is 56.0 Å². The van der Waals surface area contributed by atoms with E-state index < -0.39 is 27.3 Å². The Bertz CT molecular complexity index is 1170. The van der Waals surface area contributed by atoms with Crippen LogP contribution in [0.3, 0.4) is 0 Å². The van der Waals surface area contributed by atoms with Gasteiger partial charge in [0.15, 0.2) is 0 Å². The molecule has 1 fully saturated rings. The van der Waals surface area contributed by atoms with E-state index in [9.17, 15) is 21.6 Å². The number of rotatable bonds is 4. The lowest BCUT2D eigenvalue weighted by Gasteiger charge is -2.44. The number of aliphatic imine (C=N–C) groups is 1. The Morgan fingerprint density at radius 1 is 1.06 bits per heavy atom. The molecule has 34 heavy (non-hydrogen) atoms. The predicted molar refractivity (Wildman–Crippen MR) is 125 cm³/mol. The lowest BCUT2D eigenvalue weighted by atomic mass is 9.85. The molecule has 0 bridgehead atoms. The van der Waals surface area contributed by atoms with Gasteiger partial charge >= 0.3 is 6.18 Å². The molecule has 2 N–H and O–H groups in total. The van der Waals surface area contributed by atoms with E-state index in [0.717, 1.165) is 29.1 Å². The third-order valence-electron chi connectivity index (χ3n) is 6.73. The molecule has 10 heteroatoms. The van der Waals surface area contributed by atoms with Gasteiger partial charge in [0.1, 0.15) is 5.84 Å². The van der Waals surface area contributed by atoms with Crippen LogP contribution < -0.4 is 10.6 Å². The molecule has 0 aliphatic carbocycles. The van der Waals surface area contributed by atoms with Crippen LogP contribution in [-0.4, -0.2) is 50.3 Å². The Hall–Kier alpha value is -2.43. The van der Waals surface area contributed by atoms with Crippen LogP contribution in [0.4, 0.5) is 13.2 Å². The summed E-state index contributed by atoms with van der Waals surface area (Å²) in [6, 6.07) is 10.3. The molecule has 0 amide bonds. The standard InChI is InChI=1S/C24H29F3N4O2S/c1-17-3-8-21(15-18(17)2)34(32,33)31-13-9-23(10-14-31)22(28-11-12-30-23)29-16-19-4-6-20(7-5-19)24(25,26)27/h3-8,15,30H,9-14,16H2,1-2H3,(H,28,29). The maximum absolute atomic E-state index is 13.2. The molecule has 1 spiro atoms. The molecule has 2 aromatic rings. The van der Waals surface area contributed by atoms with E-state index in [1.165, 1.54) is 16.4 Å². The summed E-state index contributed by atoms with van der Waals surface area (Å²) in [5.41, 5.74) is 1.54. The van der Waals surface area contributed by atoms with Gasteiger partial charge in [0, 0.05) is 26.2 Å². The molecule has 4 rings (SSSR count). The number of benzene rings is 2. The lowest BCUT2D eigenvalue weighted by molar-refractivity contribution is -0.137. The highest BCUT2D eigenvalue weighted by Crippen LogP contribution is 2.31. The summed E-state index contributed by atoms with van der Waals surface area (Å²) in [5.74, 6) is 0.738. The molecule has 0 saturated carbocycles. The molecular formula is C24H29F3N4O2S. The molecule has 0 unspecified atom stereocenters. The van der Waals surface area contributed by atoms with Crippen molar-refractivity contribution in [3.05, 3.63) is 64.7 Å². The monoisotopic (exact) mass is 494 g/mol. The van der Waals surface area contributed by atoms with Crippen molar-refractivity contribution in [2.75, 3.05) is 26.2 Å². The first-order valence-corrected chi connectivity index (χ1v) is 12.7. The van der Waals surface area contributed by atoms with Gasteiger partial charge in [-0.25, -0.2) is 8.42 Å². The van der Waals surface area contributed by atoms with Gasteiger partial charge in [-0.05, 0) is 67.6 Å². The quantitative estimate of drug-likeness (QED) is 0.681. The van der Waals surface area contributed by atoms with Crippen molar-refractivity contribution < 1.29 is 21.6 Å². The molecule has 184 valence electrons. The molecule has 0 radical (unpaired) electrons. The second-order valence-corrected chi connectivity index (χ2v) is 10.9. The zero-order valence-corrected chi connectivity index (χ0v) is 20.1. The summed E-state index contributed by atoms with van der Waals surface area (Å²) < 4.78 is 66.3. The SMILES string of the molecule is Cc1ccc(S(=O)(=O)N2CCC3(CC2)NCCN=C3NCc2ccc(C(F)(F)F)cc2)cc1C. The van der Waals surface area contributed by atoms with Crippen molar-refractivity contribution in [2.45, 2.75) is 49.8 Å².